The zero-order chi connectivity index (χ0) is 18.2. The molecule has 1 saturated heterocycles. The number of rotatable bonds is 3. The molecule has 0 unspecified atom stereocenters. The van der Waals surface area contributed by atoms with Crippen LogP contribution in [0.3, 0.4) is 0 Å². The summed E-state index contributed by atoms with van der Waals surface area (Å²) in [6, 6.07) is 24.9. The Kier molecular flexibility index (Phi) is 3.75. The average Bonchev–Trinajstić information content (AvgIpc) is 3.34. The third kappa shape index (κ3) is 2.79. The van der Waals surface area contributed by atoms with Crippen LogP contribution in [0.2, 0.25) is 0 Å². The van der Waals surface area contributed by atoms with Gasteiger partial charge in [0.05, 0.1) is 18.8 Å². The highest BCUT2D eigenvalue weighted by Crippen LogP contribution is 2.30. The first kappa shape index (κ1) is 15.8. The molecule has 0 bridgehead atoms. The number of fused-ring (bicyclic) bond motifs is 1. The van der Waals surface area contributed by atoms with E-state index in [4.69, 9.17) is 9.73 Å². The van der Waals surface area contributed by atoms with Gasteiger partial charge in [-0.3, -0.25) is 9.89 Å². The van der Waals surface area contributed by atoms with Crippen LogP contribution in [0.25, 0.3) is 11.1 Å². The second kappa shape index (κ2) is 6.40. The van der Waals surface area contributed by atoms with Crippen molar-refractivity contribution in [3.8, 4) is 11.1 Å². The molecule has 0 spiro atoms. The summed E-state index contributed by atoms with van der Waals surface area (Å²) in [6.45, 7) is 1.70. The summed E-state index contributed by atoms with van der Waals surface area (Å²) in [5.74, 6) is 0. The maximum absolute atomic E-state index is 11.9. The monoisotopic (exact) mass is 354 g/mol. The quantitative estimate of drug-likeness (QED) is 0.686. The number of benzene rings is 3. The van der Waals surface area contributed by atoms with Crippen LogP contribution in [-0.4, -0.2) is 25.0 Å². The van der Waals surface area contributed by atoms with Gasteiger partial charge in [-0.15, -0.1) is 0 Å². The van der Waals surface area contributed by atoms with Crippen molar-refractivity contribution >= 4 is 17.5 Å². The summed E-state index contributed by atoms with van der Waals surface area (Å²) in [5.41, 5.74) is 7.58. The smallest absolute Gasteiger partial charge is 0.414 e. The molecule has 3 aromatic carbocycles. The molecular formula is C23H18N2O2. The second-order valence-corrected chi connectivity index (χ2v) is 6.72. The van der Waals surface area contributed by atoms with E-state index in [2.05, 4.69) is 48.5 Å². The molecule has 4 nitrogen and oxygen atoms in total. The SMILES string of the molecule is O=C1OCCN1c1ccc2c(c1)C(c1cccc(-c3ccccc3)c1)=NC2. The summed E-state index contributed by atoms with van der Waals surface area (Å²) < 4.78 is 5.07. The molecule has 1 amide bonds. The second-order valence-electron chi connectivity index (χ2n) is 6.72. The molecule has 0 N–H and O–H groups in total. The van der Waals surface area contributed by atoms with Crippen molar-refractivity contribution in [3.63, 3.8) is 0 Å². The van der Waals surface area contributed by atoms with Gasteiger partial charge < -0.3 is 4.74 Å². The van der Waals surface area contributed by atoms with Gasteiger partial charge in [0.15, 0.2) is 0 Å². The molecule has 3 aromatic rings. The summed E-state index contributed by atoms with van der Waals surface area (Å²) >= 11 is 0. The van der Waals surface area contributed by atoms with Gasteiger partial charge in [0.25, 0.3) is 0 Å². The summed E-state index contributed by atoms with van der Waals surface area (Å²) in [7, 11) is 0. The van der Waals surface area contributed by atoms with E-state index >= 15 is 0 Å². The number of carbonyl (C=O) groups is 1. The highest BCUT2D eigenvalue weighted by atomic mass is 16.6. The van der Waals surface area contributed by atoms with Crippen molar-refractivity contribution in [1.82, 2.24) is 0 Å². The zero-order valence-electron chi connectivity index (χ0n) is 14.8. The molecule has 5 rings (SSSR count). The summed E-state index contributed by atoms with van der Waals surface area (Å²) in [6.07, 6.45) is -0.280. The lowest BCUT2D eigenvalue weighted by atomic mass is 9.96. The highest BCUT2D eigenvalue weighted by molar-refractivity contribution is 6.16. The summed E-state index contributed by atoms with van der Waals surface area (Å²) in [4.78, 5) is 18.4. The molecule has 1 fully saturated rings. The summed E-state index contributed by atoms with van der Waals surface area (Å²) in [5, 5.41) is 0. The van der Waals surface area contributed by atoms with Gasteiger partial charge in [0.2, 0.25) is 0 Å². The normalized spacial score (nSPS) is 15.5. The van der Waals surface area contributed by atoms with Gasteiger partial charge >= 0.3 is 6.09 Å². The highest BCUT2D eigenvalue weighted by Gasteiger charge is 2.26. The van der Waals surface area contributed by atoms with Gasteiger partial charge in [-0.25, -0.2) is 4.79 Å². The lowest BCUT2D eigenvalue weighted by molar-refractivity contribution is 0.181. The number of hydrogen-bond acceptors (Lipinski definition) is 3. The Morgan fingerprint density at radius 2 is 1.67 bits per heavy atom. The molecule has 0 aromatic heterocycles. The number of nitrogens with zero attached hydrogens (tertiary/aromatic N) is 2. The van der Waals surface area contributed by atoms with Crippen molar-refractivity contribution in [1.29, 1.82) is 0 Å². The van der Waals surface area contributed by atoms with Crippen LogP contribution in [0, 0.1) is 0 Å². The first-order valence-corrected chi connectivity index (χ1v) is 9.07. The number of anilines is 1. The van der Waals surface area contributed by atoms with Gasteiger partial charge in [0, 0.05) is 16.8 Å². The van der Waals surface area contributed by atoms with Crippen LogP contribution in [0.15, 0.2) is 77.8 Å². The Morgan fingerprint density at radius 3 is 2.48 bits per heavy atom. The fourth-order valence-corrected chi connectivity index (χ4v) is 3.69. The molecule has 132 valence electrons. The molecular weight excluding hydrogens is 336 g/mol. The van der Waals surface area contributed by atoms with Crippen molar-refractivity contribution < 1.29 is 9.53 Å². The van der Waals surface area contributed by atoms with Crippen LogP contribution in [0.1, 0.15) is 16.7 Å². The van der Waals surface area contributed by atoms with Crippen molar-refractivity contribution in [2.75, 3.05) is 18.1 Å². The number of ether oxygens (including phenoxy) is 1. The van der Waals surface area contributed by atoms with Crippen LogP contribution in [0.5, 0.6) is 0 Å². The molecule has 2 aliphatic heterocycles. The van der Waals surface area contributed by atoms with E-state index in [9.17, 15) is 4.79 Å². The Bertz CT molecular complexity index is 1060. The molecule has 0 atom stereocenters. The number of aliphatic imine (C=N–C) groups is 1. The fraction of sp³-hybridized carbons (Fsp3) is 0.130. The topological polar surface area (TPSA) is 41.9 Å². The van der Waals surface area contributed by atoms with Crippen molar-refractivity contribution in [2.45, 2.75) is 6.54 Å². The minimum Gasteiger partial charge on any atom is -0.447 e. The fourth-order valence-electron chi connectivity index (χ4n) is 3.69. The van der Waals surface area contributed by atoms with Gasteiger partial charge in [0.1, 0.15) is 6.61 Å². The van der Waals surface area contributed by atoms with E-state index in [1.165, 1.54) is 16.7 Å². The predicted octanol–water partition coefficient (Wildman–Crippen LogP) is 4.66. The van der Waals surface area contributed by atoms with Gasteiger partial charge in [-0.05, 0) is 34.9 Å². The number of carbonyl (C=O) groups excluding carboxylic acids is 1. The Balaban J connectivity index is 1.53. The van der Waals surface area contributed by atoms with E-state index in [1.807, 2.05) is 24.3 Å². The minimum absolute atomic E-state index is 0.280. The molecule has 27 heavy (non-hydrogen) atoms. The molecule has 0 saturated carbocycles. The average molecular weight is 354 g/mol. The maximum atomic E-state index is 11.9. The first-order chi connectivity index (χ1) is 13.3. The van der Waals surface area contributed by atoms with Gasteiger partial charge in [-0.2, -0.15) is 0 Å². The third-order valence-electron chi connectivity index (χ3n) is 5.07. The molecule has 0 aliphatic carbocycles. The minimum atomic E-state index is -0.280. The van der Waals surface area contributed by atoms with Crippen LogP contribution < -0.4 is 4.90 Å². The van der Waals surface area contributed by atoms with E-state index in [0.29, 0.717) is 19.7 Å². The standard InChI is InChI=1S/C23H18N2O2/c26-23-25(11-12-27-23)20-10-9-19-15-24-22(21(19)14-20)18-8-4-7-17(13-18)16-5-2-1-3-6-16/h1-10,13-14H,11-12,15H2. The first-order valence-electron chi connectivity index (χ1n) is 9.07. The van der Waals surface area contributed by atoms with Gasteiger partial charge in [-0.1, -0.05) is 54.6 Å². The lowest BCUT2D eigenvalue weighted by Crippen LogP contribution is -2.23. The molecule has 0 radical (unpaired) electrons. The lowest BCUT2D eigenvalue weighted by Gasteiger charge is -2.15. The van der Waals surface area contributed by atoms with E-state index in [0.717, 1.165) is 22.5 Å². The van der Waals surface area contributed by atoms with Crippen molar-refractivity contribution in [2.24, 2.45) is 4.99 Å². The third-order valence-corrected chi connectivity index (χ3v) is 5.07. The van der Waals surface area contributed by atoms with Crippen LogP contribution in [0.4, 0.5) is 10.5 Å². The Labute approximate surface area is 157 Å². The zero-order valence-corrected chi connectivity index (χ0v) is 14.8. The van der Waals surface area contributed by atoms with E-state index in [-0.39, 0.29) is 6.09 Å². The van der Waals surface area contributed by atoms with Crippen LogP contribution >= 0.6 is 0 Å². The maximum Gasteiger partial charge on any atom is 0.414 e. The van der Waals surface area contributed by atoms with Crippen LogP contribution in [-0.2, 0) is 11.3 Å². The molecule has 4 heteroatoms. The number of hydrogen-bond donors (Lipinski definition) is 0. The van der Waals surface area contributed by atoms with Crippen molar-refractivity contribution in [3.05, 3.63) is 89.5 Å². The number of amides is 1. The number of cyclic esters (lactones) is 1. The predicted molar refractivity (Wildman–Crippen MR) is 106 cm³/mol. The molecule has 2 aliphatic rings. The Hall–Kier alpha value is -3.40. The van der Waals surface area contributed by atoms with E-state index < -0.39 is 0 Å². The molecule has 2 heterocycles. The Morgan fingerprint density at radius 1 is 0.852 bits per heavy atom. The van der Waals surface area contributed by atoms with E-state index in [1.54, 1.807) is 4.90 Å². The largest absolute Gasteiger partial charge is 0.447 e.